The van der Waals surface area contributed by atoms with Gasteiger partial charge in [-0.05, 0) is 81.3 Å². The number of benzene rings is 2. The van der Waals surface area contributed by atoms with Crippen LogP contribution in [0.1, 0.15) is 56.3 Å². The van der Waals surface area contributed by atoms with E-state index in [1.807, 2.05) is 39.0 Å². The summed E-state index contributed by atoms with van der Waals surface area (Å²) in [7, 11) is 0. The van der Waals surface area contributed by atoms with Crippen molar-refractivity contribution in [2.75, 3.05) is 18.0 Å². The first kappa shape index (κ1) is 21.2. The summed E-state index contributed by atoms with van der Waals surface area (Å²) < 4.78 is 5.91. The Labute approximate surface area is 175 Å². The number of aryl methyl sites for hydroxylation is 2. The monoisotopic (exact) mass is 394 g/mol. The van der Waals surface area contributed by atoms with Crippen molar-refractivity contribution < 1.29 is 9.53 Å². The van der Waals surface area contributed by atoms with Gasteiger partial charge in [-0.1, -0.05) is 31.2 Å². The van der Waals surface area contributed by atoms with Crippen LogP contribution in [0.15, 0.2) is 42.5 Å². The fourth-order valence-electron chi connectivity index (χ4n) is 3.89. The predicted octanol–water partition coefficient (Wildman–Crippen LogP) is 5.18. The van der Waals surface area contributed by atoms with E-state index in [2.05, 4.69) is 41.4 Å². The Morgan fingerprint density at radius 2 is 1.86 bits per heavy atom. The molecule has 29 heavy (non-hydrogen) atoms. The van der Waals surface area contributed by atoms with Crippen LogP contribution in [0.25, 0.3) is 0 Å². The highest BCUT2D eigenvalue weighted by Gasteiger charge is 2.20. The molecule has 0 unspecified atom stereocenters. The SMILES string of the molecule is Cc1ccc(C)c(O[C@@H](C)C(=O)N[C@@H](C)c2ccc(N3CCC[C@@H](C)C3)cc2)c1. The molecule has 0 aromatic heterocycles. The number of carbonyl (C=O) groups is 1. The molecule has 1 aliphatic heterocycles. The van der Waals surface area contributed by atoms with E-state index in [9.17, 15) is 4.79 Å². The molecule has 1 N–H and O–H groups in total. The number of piperidine rings is 1. The van der Waals surface area contributed by atoms with Gasteiger partial charge in [0.15, 0.2) is 6.10 Å². The smallest absolute Gasteiger partial charge is 0.261 e. The van der Waals surface area contributed by atoms with Gasteiger partial charge < -0.3 is 15.0 Å². The van der Waals surface area contributed by atoms with E-state index >= 15 is 0 Å². The van der Waals surface area contributed by atoms with Gasteiger partial charge in [0.25, 0.3) is 5.91 Å². The number of hydrogen-bond donors (Lipinski definition) is 1. The van der Waals surface area contributed by atoms with Crippen molar-refractivity contribution in [3.05, 3.63) is 59.2 Å². The topological polar surface area (TPSA) is 41.6 Å². The number of amides is 1. The molecule has 0 saturated carbocycles. The fraction of sp³-hybridized carbons (Fsp3) is 0.480. The van der Waals surface area contributed by atoms with Crippen molar-refractivity contribution in [1.29, 1.82) is 0 Å². The van der Waals surface area contributed by atoms with Crippen molar-refractivity contribution in [2.45, 2.75) is 59.6 Å². The zero-order valence-electron chi connectivity index (χ0n) is 18.4. The van der Waals surface area contributed by atoms with E-state index in [-0.39, 0.29) is 11.9 Å². The van der Waals surface area contributed by atoms with Crippen molar-refractivity contribution >= 4 is 11.6 Å². The minimum atomic E-state index is -0.549. The van der Waals surface area contributed by atoms with Crippen LogP contribution in [0.5, 0.6) is 5.75 Å². The molecule has 0 aliphatic carbocycles. The quantitative estimate of drug-likeness (QED) is 0.733. The minimum Gasteiger partial charge on any atom is -0.481 e. The maximum absolute atomic E-state index is 12.6. The normalized spacial score (nSPS) is 18.8. The lowest BCUT2D eigenvalue weighted by Crippen LogP contribution is -2.38. The molecule has 4 heteroatoms. The van der Waals surface area contributed by atoms with Crippen LogP contribution in [0.2, 0.25) is 0 Å². The molecule has 0 radical (unpaired) electrons. The highest BCUT2D eigenvalue weighted by Crippen LogP contribution is 2.25. The average Bonchev–Trinajstić information content (AvgIpc) is 2.70. The van der Waals surface area contributed by atoms with Crippen LogP contribution in [0, 0.1) is 19.8 Å². The molecular weight excluding hydrogens is 360 g/mol. The molecule has 1 saturated heterocycles. The van der Waals surface area contributed by atoms with Gasteiger partial charge in [-0.3, -0.25) is 4.79 Å². The van der Waals surface area contributed by atoms with E-state index in [0.29, 0.717) is 0 Å². The Hall–Kier alpha value is -2.49. The van der Waals surface area contributed by atoms with Crippen molar-refractivity contribution in [3.63, 3.8) is 0 Å². The standard InChI is InChI=1S/C25H34N2O2/c1-17-8-9-19(3)24(15-17)29-21(5)25(28)26-20(4)22-10-12-23(13-11-22)27-14-6-7-18(2)16-27/h8-13,15,18,20-21H,6-7,14,16H2,1-5H3,(H,26,28)/t18-,20+,21+/m1/s1. The van der Waals surface area contributed by atoms with Crippen LogP contribution < -0.4 is 15.0 Å². The molecule has 3 rings (SSSR count). The zero-order chi connectivity index (χ0) is 21.0. The highest BCUT2D eigenvalue weighted by atomic mass is 16.5. The van der Waals surface area contributed by atoms with Gasteiger partial charge in [0.1, 0.15) is 5.75 Å². The molecule has 156 valence electrons. The third-order valence-corrected chi connectivity index (χ3v) is 5.79. The zero-order valence-corrected chi connectivity index (χ0v) is 18.4. The van der Waals surface area contributed by atoms with Crippen molar-refractivity contribution in [1.82, 2.24) is 5.32 Å². The maximum atomic E-state index is 12.6. The summed E-state index contributed by atoms with van der Waals surface area (Å²) in [6.45, 7) is 12.4. The van der Waals surface area contributed by atoms with Gasteiger partial charge in [-0.25, -0.2) is 0 Å². The summed E-state index contributed by atoms with van der Waals surface area (Å²) in [6, 6.07) is 14.6. The molecule has 0 bridgehead atoms. The van der Waals surface area contributed by atoms with Gasteiger partial charge in [0.2, 0.25) is 0 Å². The molecule has 1 amide bonds. The first-order valence-electron chi connectivity index (χ1n) is 10.7. The first-order valence-corrected chi connectivity index (χ1v) is 10.7. The average molecular weight is 395 g/mol. The van der Waals surface area contributed by atoms with Gasteiger partial charge in [-0.2, -0.15) is 0 Å². The second-order valence-corrected chi connectivity index (χ2v) is 8.54. The summed E-state index contributed by atoms with van der Waals surface area (Å²) in [5.41, 5.74) is 4.53. The molecule has 1 aliphatic rings. The van der Waals surface area contributed by atoms with E-state index < -0.39 is 6.10 Å². The molecular formula is C25H34N2O2. The lowest BCUT2D eigenvalue weighted by Gasteiger charge is -2.33. The molecule has 2 aromatic carbocycles. The fourth-order valence-corrected chi connectivity index (χ4v) is 3.89. The Morgan fingerprint density at radius 1 is 1.14 bits per heavy atom. The summed E-state index contributed by atoms with van der Waals surface area (Å²) in [5, 5.41) is 3.08. The van der Waals surface area contributed by atoms with E-state index in [1.54, 1.807) is 6.92 Å². The Bertz CT molecular complexity index is 831. The number of anilines is 1. The predicted molar refractivity (Wildman–Crippen MR) is 120 cm³/mol. The van der Waals surface area contributed by atoms with E-state index in [1.165, 1.54) is 18.5 Å². The van der Waals surface area contributed by atoms with Gasteiger partial charge in [0.05, 0.1) is 6.04 Å². The van der Waals surface area contributed by atoms with E-state index in [4.69, 9.17) is 4.74 Å². The largest absolute Gasteiger partial charge is 0.481 e. The third-order valence-electron chi connectivity index (χ3n) is 5.79. The Balaban J connectivity index is 1.58. The molecule has 1 fully saturated rings. The molecule has 4 nitrogen and oxygen atoms in total. The molecule has 2 aromatic rings. The number of hydrogen-bond acceptors (Lipinski definition) is 3. The number of rotatable bonds is 6. The van der Waals surface area contributed by atoms with Gasteiger partial charge >= 0.3 is 0 Å². The summed E-state index contributed by atoms with van der Waals surface area (Å²) >= 11 is 0. The molecule has 0 spiro atoms. The number of nitrogens with one attached hydrogen (secondary N) is 1. The van der Waals surface area contributed by atoms with Crippen LogP contribution in [-0.2, 0) is 4.79 Å². The molecule has 1 heterocycles. The van der Waals surface area contributed by atoms with E-state index in [0.717, 1.165) is 41.4 Å². The van der Waals surface area contributed by atoms with Crippen LogP contribution in [0.3, 0.4) is 0 Å². The summed E-state index contributed by atoms with van der Waals surface area (Å²) in [6.07, 6.45) is 2.03. The Kier molecular flexibility index (Phi) is 6.83. The van der Waals surface area contributed by atoms with Crippen molar-refractivity contribution in [2.24, 2.45) is 5.92 Å². The minimum absolute atomic E-state index is 0.0681. The van der Waals surface area contributed by atoms with Crippen LogP contribution in [0.4, 0.5) is 5.69 Å². The van der Waals surface area contributed by atoms with Gasteiger partial charge in [0, 0.05) is 18.8 Å². The van der Waals surface area contributed by atoms with Crippen LogP contribution >= 0.6 is 0 Å². The summed E-state index contributed by atoms with van der Waals surface area (Å²) in [4.78, 5) is 15.1. The number of nitrogens with zero attached hydrogens (tertiary/aromatic N) is 1. The lowest BCUT2D eigenvalue weighted by molar-refractivity contribution is -0.127. The Morgan fingerprint density at radius 3 is 2.55 bits per heavy atom. The van der Waals surface area contributed by atoms with Crippen molar-refractivity contribution in [3.8, 4) is 5.75 Å². The second-order valence-electron chi connectivity index (χ2n) is 8.54. The maximum Gasteiger partial charge on any atom is 0.261 e. The molecule has 3 atom stereocenters. The number of carbonyl (C=O) groups excluding carboxylic acids is 1. The number of ether oxygens (including phenoxy) is 1. The van der Waals surface area contributed by atoms with Crippen LogP contribution in [-0.4, -0.2) is 25.1 Å². The third kappa shape index (κ3) is 5.53. The second kappa shape index (κ2) is 9.34. The summed E-state index contributed by atoms with van der Waals surface area (Å²) in [5.74, 6) is 1.41. The first-order chi connectivity index (χ1) is 13.8. The highest BCUT2D eigenvalue weighted by molar-refractivity contribution is 5.81. The lowest BCUT2D eigenvalue weighted by atomic mass is 9.99. The van der Waals surface area contributed by atoms with Gasteiger partial charge in [-0.15, -0.1) is 0 Å².